The minimum Gasteiger partial charge on any atom is -0.477 e. The van der Waals surface area contributed by atoms with Gasteiger partial charge in [-0.3, -0.25) is 4.79 Å². The Morgan fingerprint density at radius 2 is 1.56 bits per heavy atom. The van der Waals surface area contributed by atoms with Crippen molar-refractivity contribution in [1.29, 1.82) is 0 Å². The molecule has 1 aromatic rings. The Kier molecular flexibility index (Phi) is 2.75. The summed E-state index contributed by atoms with van der Waals surface area (Å²) < 4.78 is 0. The summed E-state index contributed by atoms with van der Waals surface area (Å²) in [7, 11) is 0. The van der Waals surface area contributed by atoms with Gasteiger partial charge in [-0.1, -0.05) is 0 Å². The van der Waals surface area contributed by atoms with Crippen LogP contribution in [0, 0.1) is 0 Å². The fraction of sp³-hybridized carbons (Fsp3) is 0. The Morgan fingerprint density at radius 3 is 1.94 bits per heavy atom. The van der Waals surface area contributed by atoms with Crippen LogP contribution in [0.25, 0.3) is 0 Å². The molecule has 16 heavy (non-hydrogen) atoms. The van der Waals surface area contributed by atoms with Crippen molar-refractivity contribution in [2.24, 2.45) is 0 Å². The van der Waals surface area contributed by atoms with Gasteiger partial charge in [0.1, 0.15) is 16.8 Å². The van der Waals surface area contributed by atoms with Gasteiger partial charge >= 0.3 is 17.9 Å². The summed E-state index contributed by atoms with van der Waals surface area (Å²) in [6, 6.07) is 0. The summed E-state index contributed by atoms with van der Waals surface area (Å²) >= 11 is 0. The zero-order valence-corrected chi connectivity index (χ0v) is 7.55. The molecule has 0 aromatic carbocycles. The van der Waals surface area contributed by atoms with E-state index >= 15 is 0 Å². The second-order valence-corrected chi connectivity index (χ2v) is 2.70. The van der Waals surface area contributed by atoms with Crippen LogP contribution < -0.4 is 5.43 Å². The van der Waals surface area contributed by atoms with Crippen molar-refractivity contribution in [2.75, 3.05) is 0 Å². The number of carboxylic acid groups (broad SMARTS) is 3. The minimum absolute atomic E-state index is 0.639. The monoisotopic (exact) mass is 227 g/mol. The molecule has 0 aliphatic heterocycles. The molecule has 0 radical (unpaired) electrons. The largest absolute Gasteiger partial charge is 0.477 e. The van der Waals surface area contributed by atoms with Crippen LogP contribution in [-0.2, 0) is 0 Å². The summed E-state index contributed by atoms with van der Waals surface area (Å²) in [6.45, 7) is 0. The van der Waals surface area contributed by atoms with Gasteiger partial charge in [-0.15, -0.1) is 0 Å². The molecule has 8 nitrogen and oxygen atoms in total. The molecule has 0 spiro atoms. The zero-order valence-electron chi connectivity index (χ0n) is 7.55. The Labute approximate surface area is 86.8 Å². The SMILES string of the molecule is O=C(O)c1[nH]cc(C(=O)O)c(=O)c1C(=O)O. The molecule has 0 unspecified atom stereocenters. The van der Waals surface area contributed by atoms with Crippen molar-refractivity contribution in [3.8, 4) is 0 Å². The smallest absolute Gasteiger partial charge is 0.353 e. The molecule has 0 fully saturated rings. The molecule has 4 N–H and O–H groups in total. The predicted molar refractivity (Wildman–Crippen MR) is 47.9 cm³/mol. The normalized spacial score (nSPS) is 9.75. The third kappa shape index (κ3) is 1.75. The molecule has 1 rings (SSSR count). The summed E-state index contributed by atoms with van der Waals surface area (Å²) in [5, 5.41) is 25.8. The number of pyridine rings is 1. The Bertz CT molecular complexity index is 542. The highest BCUT2D eigenvalue weighted by atomic mass is 16.4. The first kappa shape index (κ1) is 11.4. The number of hydrogen-bond acceptors (Lipinski definition) is 4. The van der Waals surface area contributed by atoms with Gasteiger partial charge in [-0.2, -0.15) is 0 Å². The average Bonchev–Trinajstić information content (AvgIpc) is 2.15. The molecule has 1 heterocycles. The van der Waals surface area contributed by atoms with Gasteiger partial charge < -0.3 is 20.3 Å². The van der Waals surface area contributed by atoms with Crippen LogP contribution in [-0.4, -0.2) is 38.2 Å². The zero-order chi connectivity index (χ0) is 12.5. The molecule has 0 amide bonds. The minimum atomic E-state index is -1.80. The number of aromatic nitrogens is 1. The van der Waals surface area contributed by atoms with Gasteiger partial charge in [0.05, 0.1) is 0 Å². The van der Waals surface area contributed by atoms with Crippen molar-refractivity contribution in [1.82, 2.24) is 4.98 Å². The van der Waals surface area contributed by atoms with Crippen LogP contribution in [0.3, 0.4) is 0 Å². The van der Waals surface area contributed by atoms with Crippen molar-refractivity contribution < 1.29 is 29.7 Å². The fourth-order valence-electron chi connectivity index (χ4n) is 1.06. The first-order chi connectivity index (χ1) is 7.36. The molecule has 1 aromatic heterocycles. The number of hydrogen-bond donors (Lipinski definition) is 4. The lowest BCUT2D eigenvalue weighted by molar-refractivity contribution is 0.0641. The molecule has 0 atom stereocenters. The second-order valence-electron chi connectivity index (χ2n) is 2.70. The lowest BCUT2D eigenvalue weighted by Gasteiger charge is -2.01. The molecule has 0 saturated carbocycles. The van der Waals surface area contributed by atoms with Crippen LogP contribution in [0.5, 0.6) is 0 Å². The van der Waals surface area contributed by atoms with Crippen molar-refractivity contribution in [3.05, 3.63) is 33.2 Å². The maximum atomic E-state index is 11.3. The van der Waals surface area contributed by atoms with E-state index in [0.29, 0.717) is 6.20 Å². The highest BCUT2D eigenvalue weighted by Crippen LogP contribution is 2.03. The quantitative estimate of drug-likeness (QED) is 0.542. The number of rotatable bonds is 3. The van der Waals surface area contributed by atoms with Gasteiger partial charge in [-0.25, -0.2) is 14.4 Å². The van der Waals surface area contributed by atoms with E-state index in [-0.39, 0.29) is 0 Å². The molecule has 84 valence electrons. The topological polar surface area (TPSA) is 145 Å². The molecule has 0 bridgehead atoms. The molecular formula is C8H5NO7. The van der Waals surface area contributed by atoms with E-state index in [4.69, 9.17) is 15.3 Å². The van der Waals surface area contributed by atoms with Crippen LogP contribution in [0.4, 0.5) is 0 Å². The van der Waals surface area contributed by atoms with Crippen molar-refractivity contribution in [2.45, 2.75) is 0 Å². The van der Waals surface area contributed by atoms with Crippen LogP contribution >= 0.6 is 0 Å². The molecule has 8 heteroatoms. The van der Waals surface area contributed by atoms with Crippen LogP contribution in [0.1, 0.15) is 31.2 Å². The Balaban J connectivity index is 3.68. The number of aromatic carboxylic acids is 3. The molecule has 0 aliphatic rings. The maximum Gasteiger partial charge on any atom is 0.353 e. The highest BCUT2D eigenvalue weighted by molar-refractivity contribution is 6.01. The Hall–Kier alpha value is -2.64. The van der Waals surface area contributed by atoms with Crippen molar-refractivity contribution in [3.63, 3.8) is 0 Å². The molecule has 0 saturated heterocycles. The average molecular weight is 227 g/mol. The van der Waals surface area contributed by atoms with Crippen molar-refractivity contribution >= 4 is 17.9 Å². The lowest BCUT2D eigenvalue weighted by atomic mass is 10.1. The van der Waals surface area contributed by atoms with E-state index in [1.165, 1.54) is 0 Å². The number of H-pyrrole nitrogens is 1. The third-order valence-corrected chi connectivity index (χ3v) is 1.74. The standard InChI is InChI=1S/C8H5NO7/c10-5-2(6(11)12)1-9-4(8(15)16)3(5)7(13)14/h1H,(H,9,10)(H,11,12)(H,13,14)(H,15,16). The van der Waals surface area contributed by atoms with E-state index in [0.717, 1.165) is 0 Å². The highest BCUT2D eigenvalue weighted by Gasteiger charge is 2.24. The summed E-state index contributed by atoms with van der Waals surface area (Å²) in [6.07, 6.45) is 0.639. The number of aromatic amines is 1. The maximum absolute atomic E-state index is 11.3. The van der Waals surface area contributed by atoms with Crippen LogP contribution in [0.15, 0.2) is 11.0 Å². The summed E-state index contributed by atoms with van der Waals surface area (Å²) in [5.74, 6) is -5.10. The number of carbonyl (C=O) groups is 3. The van der Waals surface area contributed by atoms with E-state index in [1.807, 2.05) is 4.98 Å². The summed E-state index contributed by atoms with van der Waals surface area (Å²) in [5.41, 5.74) is -4.14. The van der Waals surface area contributed by atoms with Gasteiger partial charge in [-0.05, 0) is 0 Å². The fourth-order valence-corrected chi connectivity index (χ4v) is 1.06. The van der Waals surface area contributed by atoms with Crippen LogP contribution in [0.2, 0.25) is 0 Å². The van der Waals surface area contributed by atoms with Gasteiger partial charge in [0, 0.05) is 6.20 Å². The second kappa shape index (κ2) is 3.85. The first-order valence-electron chi connectivity index (χ1n) is 3.81. The van der Waals surface area contributed by atoms with E-state index in [2.05, 4.69) is 0 Å². The van der Waals surface area contributed by atoms with E-state index in [1.54, 1.807) is 0 Å². The lowest BCUT2D eigenvalue weighted by Crippen LogP contribution is -2.26. The van der Waals surface area contributed by atoms with E-state index < -0.39 is 40.2 Å². The molecular weight excluding hydrogens is 222 g/mol. The predicted octanol–water partition coefficient (Wildman–Crippen LogP) is -0.530. The number of nitrogens with one attached hydrogen (secondary N) is 1. The van der Waals surface area contributed by atoms with Gasteiger partial charge in [0.2, 0.25) is 5.43 Å². The molecule has 0 aliphatic carbocycles. The van der Waals surface area contributed by atoms with E-state index in [9.17, 15) is 19.2 Å². The first-order valence-corrected chi connectivity index (χ1v) is 3.81. The summed E-state index contributed by atoms with van der Waals surface area (Å²) in [4.78, 5) is 45.0. The third-order valence-electron chi connectivity index (χ3n) is 1.74. The van der Waals surface area contributed by atoms with Gasteiger partial charge in [0.15, 0.2) is 0 Å². The number of carboxylic acids is 3. The van der Waals surface area contributed by atoms with Gasteiger partial charge in [0.25, 0.3) is 0 Å². The Morgan fingerprint density at radius 1 is 1.00 bits per heavy atom.